The van der Waals surface area contributed by atoms with Gasteiger partial charge >= 0.3 is 0 Å². The normalized spacial score (nSPS) is 10.0. The van der Waals surface area contributed by atoms with E-state index < -0.39 is 17.5 Å². The summed E-state index contributed by atoms with van der Waals surface area (Å²) in [6, 6.07) is 12.8. The van der Waals surface area contributed by atoms with E-state index in [9.17, 15) is 13.6 Å². The van der Waals surface area contributed by atoms with E-state index in [1.54, 1.807) is 18.2 Å². The Labute approximate surface area is 96.9 Å². The summed E-state index contributed by atoms with van der Waals surface area (Å²) >= 11 is 0. The van der Waals surface area contributed by atoms with Crippen molar-refractivity contribution in [3.63, 3.8) is 0 Å². The minimum atomic E-state index is -1.07. The third-order valence-electron chi connectivity index (χ3n) is 2.15. The summed E-state index contributed by atoms with van der Waals surface area (Å²) in [4.78, 5) is 11.6. The van der Waals surface area contributed by atoms with Gasteiger partial charge in [-0.05, 0) is 24.3 Å². The molecule has 1 N–H and O–H groups in total. The summed E-state index contributed by atoms with van der Waals surface area (Å²) in [7, 11) is 0. The lowest BCUT2D eigenvalue weighted by molar-refractivity contribution is 0.102. The summed E-state index contributed by atoms with van der Waals surface area (Å²) in [5.41, 5.74) is 0.0726. The van der Waals surface area contributed by atoms with Crippen LogP contribution in [0.3, 0.4) is 0 Å². The fourth-order valence-electron chi connectivity index (χ4n) is 1.32. The lowest BCUT2D eigenvalue weighted by atomic mass is 10.2. The van der Waals surface area contributed by atoms with Crippen LogP contribution in [0.2, 0.25) is 0 Å². The van der Waals surface area contributed by atoms with Gasteiger partial charge in [-0.15, -0.1) is 0 Å². The number of hydrogen-bond acceptors (Lipinski definition) is 1. The predicted molar refractivity (Wildman–Crippen MR) is 59.6 cm³/mol. The van der Waals surface area contributed by atoms with Gasteiger partial charge in [-0.3, -0.25) is 4.79 Å². The molecular formula is C13H8F2NO. The summed E-state index contributed by atoms with van der Waals surface area (Å²) in [6.45, 7) is 0. The first-order valence-electron chi connectivity index (χ1n) is 4.90. The molecule has 0 heterocycles. The van der Waals surface area contributed by atoms with Crippen LogP contribution in [0, 0.1) is 17.7 Å². The first-order chi connectivity index (χ1) is 8.18. The predicted octanol–water partition coefficient (Wildman–Crippen LogP) is 3.02. The number of halogens is 2. The Morgan fingerprint density at radius 3 is 2.65 bits per heavy atom. The Kier molecular flexibility index (Phi) is 3.14. The van der Waals surface area contributed by atoms with Crippen molar-refractivity contribution < 1.29 is 13.6 Å². The van der Waals surface area contributed by atoms with Gasteiger partial charge in [0.25, 0.3) is 5.91 Å². The molecule has 0 bridgehead atoms. The number of hydrogen-bond donors (Lipinski definition) is 1. The van der Waals surface area contributed by atoms with E-state index in [4.69, 9.17) is 0 Å². The van der Waals surface area contributed by atoms with Gasteiger partial charge in [0, 0.05) is 5.56 Å². The van der Waals surface area contributed by atoms with Crippen LogP contribution in [-0.2, 0) is 0 Å². The molecule has 85 valence electrons. The SMILES string of the molecule is O=C(Nc1cccc(F)c1F)c1[c]cccc1. The van der Waals surface area contributed by atoms with Crippen molar-refractivity contribution in [1.29, 1.82) is 0 Å². The van der Waals surface area contributed by atoms with E-state index in [0.717, 1.165) is 6.07 Å². The summed E-state index contributed by atoms with van der Waals surface area (Å²) < 4.78 is 26.2. The molecule has 0 aliphatic rings. The number of anilines is 1. The second kappa shape index (κ2) is 4.74. The molecule has 0 fully saturated rings. The molecule has 0 unspecified atom stereocenters. The molecule has 0 atom stereocenters. The molecule has 0 aliphatic carbocycles. The minimum absolute atomic E-state index is 0.188. The summed E-state index contributed by atoms with van der Waals surface area (Å²) in [6.07, 6.45) is 0. The number of amides is 1. The fourth-order valence-corrected chi connectivity index (χ4v) is 1.32. The molecular weight excluding hydrogens is 224 g/mol. The Bertz CT molecular complexity index is 540. The van der Waals surface area contributed by atoms with Crippen LogP contribution in [0.5, 0.6) is 0 Å². The second-order valence-corrected chi connectivity index (χ2v) is 3.33. The number of carbonyl (C=O) groups excluding carboxylic acids is 1. The molecule has 17 heavy (non-hydrogen) atoms. The topological polar surface area (TPSA) is 29.1 Å². The van der Waals surface area contributed by atoms with Crippen molar-refractivity contribution >= 4 is 11.6 Å². The van der Waals surface area contributed by atoms with Crippen molar-refractivity contribution in [3.05, 3.63) is 65.7 Å². The zero-order valence-corrected chi connectivity index (χ0v) is 8.71. The average Bonchev–Trinajstić information content (AvgIpc) is 2.36. The minimum Gasteiger partial charge on any atom is -0.319 e. The molecule has 2 nitrogen and oxygen atoms in total. The summed E-state index contributed by atoms with van der Waals surface area (Å²) in [5.74, 6) is -2.60. The highest BCUT2D eigenvalue weighted by molar-refractivity contribution is 6.04. The molecule has 0 aliphatic heterocycles. The maximum Gasteiger partial charge on any atom is 0.256 e. The number of nitrogens with one attached hydrogen (secondary N) is 1. The van der Waals surface area contributed by atoms with Gasteiger partial charge in [0.15, 0.2) is 11.6 Å². The highest BCUT2D eigenvalue weighted by Gasteiger charge is 2.11. The van der Waals surface area contributed by atoms with Gasteiger partial charge in [-0.2, -0.15) is 0 Å². The lowest BCUT2D eigenvalue weighted by Crippen LogP contribution is -2.13. The van der Waals surface area contributed by atoms with Crippen molar-refractivity contribution in [2.75, 3.05) is 5.32 Å². The van der Waals surface area contributed by atoms with Gasteiger partial charge in [0.2, 0.25) is 0 Å². The summed E-state index contributed by atoms with van der Waals surface area (Å²) in [5, 5.41) is 2.28. The Hall–Kier alpha value is -2.23. The molecule has 0 spiro atoms. The first kappa shape index (κ1) is 11.3. The van der Waals surface area contributed by atoms with Crippen LogP contribution < -0.4 is 5.32 Å². The standard InChI is InChI=1S/C13H8F2NO/c14-10-7-4-8-11(12(10)15)16-13(17)9-5-2-1-3-6-9/h1-5,7-8H,(H,16,17). The quantitative estimate of drug-likeness (QED) is 0.847. The number of benzene rings is 2. The van der Waals surface area contributed by atoms with Crippen LogP contribution in [0.4, 0.5) is 14.5 Å². The highest BCUT2D eigenvalue weighted by atomic mass is 19.2. The second-order valence-electron chi connectivity index (χ2n) is 3.33. The van der Waals surface area contributed by atoms with Crippen LogP contribution in [0.15, 0.2) is 42.5 Å². The third-order valence-corrected chi connectivity index (χ3v) is 2.15. The maximum absolute atomic E-state index is 13.3. The van der Waals surface area contributed by atoms with Crippen molar-refractivity contribution in [2.24, 2.45) is 0 Å². The zero-order chi connectivity index (χ0) is 12.3. The van der Waals surface area contributed by atoms with Gasteiger partial charge in [0.1, 0.15) is 0 Å². The van der Waals surface area contributed by atoms with Crippen molar-refractivity contribution in [2.45, 2.75) is 0 Å². The van der Waals surface area contributed by atoms with Gasteiger partial charge < -0.3 is 5.32 Å². The van der Waals surface area contributed by atoms with Crippen molar-refractivity contribution in [3.8, 4) is 0 Å². The third kappa shape index (κ3) is 2.47. The van der Waals surface area contributed by atoms with E-state index in [-0.39, 0.29) is 11.3 Å². The average molecular weight is 232 g/mol. The highest BCUT2D eigenvalue weighted by Crippen LogP contribution is 2.17. The van der Waals surface area contributed by atoms with E-state index in [0.29, 0.717) is 0 Å². The Balaban J connectivity index is 2.22. The molecule has 2 aromatic rings. The molecule has 1 radical (unpaired) electrons. The van der Waals surface area contributed by atoms with Crippen molar-refractivity contribution in [1.82, 2.24) is 0 Å². The monoisotopic (exact) mass is 232 g/mol. The number of carbonyl (C=O) groups is 1. The van der Waals surface area contributed by atoms with Gasteiger partial charge in [-0.25, -0.2) is 8.78 Å². The molecule has 0 saturated heterocycles. The fraction of sp³-hybridized carbons (Fsp3) is 0. The molecule has 2 rings (SSSR count). The van der Waals surface area contributed by atoms with Crippen LogP contribution >= 0.6 is 0 Å². The number of rotatable bonds is 2. The van der Waals surface area contributed by atoms with E-state index in [1.807, 2.05) is 0 Å². The van der Waals surface area contributed by atoms with Crippen LogP contribution in [0.1, 0.15) is 10.4 Å². The Morgan fingerprint density at radius 1 is 1.12 bits per heavy atom. The molecule has 4 heteroatoms. The smallest absolute Gasteiger partial charge is 0.256 e. The lowest BCUT2D eigenvalue weighted by Gasteiger charge is -2.06. The molecule has 0 saturated carbocycles. The zero-order valence-electron chi connectivity index (χ0n) is 8.71. The van der Waals surface area contributed by atoms with E-state index >= 15 is 0 Å². The van der Waals surface area contributed by atoms with Crippen LogP contribution in [0.25, 0.3) is 0 Å². The van der Waals surface area contributed by atoms with E-state index in [2.05, 4.69) is 11.4 Å². The van der Waals surface area contributed by atoms with E-state index in [1.165, 1.54) is 18.2 Å². The molecule has 2 aromatic carbocycles. The van der Waals surface area contributed by atoms with Crippen LogP contribution in [-0.4, -0.2) is 5.91 Å². The molecule has 0 aromatic heterocycles. The largest absolute Gasteiger partial charge is 0.319 e. The first-order valence-corrected chi connectivity index (χ1v) is 4.90. The van der Waals surface area contributed by atoms with Gasteiger partial charge in [0.05, 0.1) is 5.69 Å². The van der Waals surface area contributed by atoms with Gasteiger partial charge in [-0.1, -0.05) is 24.3 Å². The maximum atomic E-state index is 13.3. The Morgan fingerprint density at radius 2 is 1.94 bits per heavy atom. The molecule has 1 amide bonds.